The number of ether oxygens (including phenoxy) is 1. The van der Waals surface area contributed by atoms with Crippen LogP contribution in [0.1, 0.15) is 33.3 Å². The van der Waals surface area contributed by atoms with E-state index in [0.29, 0.717) is 6.04 Å². The second kappa shape index (κ2) is 6.86. The molecule has 1 aromatic heterocycles. The Bertz CT molecular complexity index is 332. The number of nitrogens with one attached hydrogen (secondary N) is 1. The van der Waals surface area contributed by atoms with Crippen LogP contribution < -0.4 is 5.32 Å². The van der Waals surface area contributed by atoms with Crippen molar-refractivity contribution in [2.45, 2.75) is 46.3 Å². The van der Waals surface area contributed by atoms with Crippen molar-refractivity contribution in [2.24, 2.45) is 5.41 Å². The predicted molar refractivity (Wildman–Crippen MR) is 75.7 cm³/mol. The normalized spacial score (nSPS) is 15.4. The molecule has 0 amide bonds. The van der Waals surface area contributed by atoms with Crippen LogP contribution in [0, 0.1) is 5.41 Å². The molecule has 1 N–H and O–H groups in total. The summed E-state index contributed by atoms with van der Waals surface area (Å²) < 4.78 is 5.72. The van der Waals surface area contributed by atoms with Crippen molar-refractivity contribution >= 4 is 0 Å². The minimum Gasteiger partial charge on any atom is -0.379 e. The van der Waals surface area contributed by atoms with Crippen molar-refractivity contribution in [3.8, 4) is 0 Å². The lowest BCUT2D eigenvalue weighted by Gasteiger charge is -2.36. The second-order valence-corrected chi connectivity index (χ2v) is 5.75. The van der Waals surface area contributed by atoms with Crippen LogP contribution >= 0.6 is 0 Å². The Balaban J connectivity index is 2.81. The van der Waals surface area contributed by atoms with Crippen LogP contribution in [0.4, 0.5) is 0 Å². The van der Waals surface area contributed by atoms with Crippen LogP contribution in [0.3, 0.4) is 0 Å². The molecule has 1 rings (SSSR count). The standard InChI is InChI=1S/C15H26N2O/c1-6-17-13(14(18-5)15(2,3)4)10-12-8-7-9-16-11-12/h7-9,11,13-14,17H,6,10H2,1-5H3. The quantitative estimate of drug-likeness (QED) is 0.843. The van der Waals surface area contributed by atoms with Crippen molar-refractivity contribution in [3.05, 3.63) is 30.1 Å². The third-order valence-electron chi connectivity index (χ3n) is 3.12. The molecular weight excluding hydrogens is 224 g/mol. The van der Waals surface area contributed by atoms with Crippen molar-refractivity contribution in [3.63, 3.8) is 0 Å². The van der Waals surface area contributed by atoms with Crippen LogP contribution in [0.5, 0.6) is 0 Å². The zero-order valence-electron chi connectivity index (χ0n) is 12.2. The number of nitrogens with zero attached hydrogens (tertiary/aromatic N) is 1. The Kier molecular flexibility index (Phi) is 5.76. The van der Waals surface area contributed by atoms with Crippen LogP contribution in [0.25, 0.3) is 0 Å². The van der Waals surface area contributed by atoms with E-state index in [1.165, 1.54) is 5.56 Å². The van der Waals surface area contributed by atoms with E-state index in [1.807, 2.05) is 18.5 Å². The van der Waals surface area contributed by atoms with Gasteiger partial charge in [-0.2, -0.15) is 0 Å². The summed E-state index contributed by atoms with van der Waals surface area (Å²) in [6.45, 7) is 9.73. The Hall–Kier alpha value is -0.930. The highest BCUT2D eigenvalue weighted by molar-refractivity contribution is 5.11. The SMILES string of the molecule is CCNC(Cc1cccnc1)C(OC)C(C)(C)C. The first-order valence-corrected chi connectivity index (χ1v) is 6.64. The molecule has 0 radical (unpaired) electrons. The Morgan fingerprint density at radius 1 is 1.39 bits per heavy atom. The fourth-order valence-corrected chi connectivity index (χ4v) is 2.44. The Labute approximate surface area is 111 Å². The van der Waals surface area contributed by atoms with Crippen molar-refractivity contribution in [1.29, 1.82) is 0 Å². The molecule has 0 bridgehead atoms. The summed E-state index contributed by atoms with van der Waals surface area (Å²) in [6.07, 6.45) is 4.86. The number of likely N-dealkylation sites (N-methyl/N-ethyl adjacent to an activating group) is 1. The van der Waals surface area contributed by atoms with Gasteiger partial charge in [0.2, 0.25) is 0 Å². The van der Waals surface area contributed by atoms with E-state index in [-0.39, 0.29) is 11.5 Å². The van der Waals surface area contributed by atoms with Crippen LogP contribution in [0.15, 0.2) is 24.5 Å². The smallest absolute Gasteiger partial charge is 0.0775 e. The summed E-state index contributed by atoms with van der Waals surface area (Å²) >= 11 is 0. The first kappa shape index (κ1) is 15.1. The maximum Gasteiger partial charge on any atom is 0.0775 e. The van der Waals surface area contributed by atoms with E-state index in [1.54, 1.807) is 7.11 Å². The molecule has 0 saturated carbocycles. The molecule has 1 heterocycles. The van der Waals surface area contributed by atoms with E-state index in [2.05, 4.69) is 44.1 Å². The van der Waals surface area contributed by atoms with Gasteiger partial charge in [-0.1, -0.05) is 33.8 Å². The average Bonchev–Trinajstić information content (AvgIpc) is 2.29. The minimum absolute atomic E-state index is 0.115. The van der Waals surface area contributed by atoms with Gasteiger partial charge in [0.05, 0.1) is 6.10 Å². The van der Waals surface area contributed by atoms with Gasteiger partial charge in [-0.3, -0.25) is 4.98 Å². The van der Waals surface area contributed by atoms with E-state index in [4.69, 9.17) is 4.74 Å². The van der Waals surface area contributed by atoms with E-state index in [0.717, 1.165) is 13.0 Å². The van der Waals surface area contributed by atoms with Crippen molar-refractivity contribution < 1.29 is 4.74 Å². The number of pyridine rings is 1. The van der Waals surface area contributed by atoms with Gasteiger partial charge in [0, 0.05) is 25.5 Å². The van der Waals surface area contributed by atoms with Crippen molar-refractivity contribution in [1.82, 2.24) is 10.3 Å². The van der Waals surface area contributed by atoms with E-state index < -0.39 is 0 Å². The molecule has 102 valence electrons. The molecular formula is C15H26N2O. The van der Waals surface area contributed by atoms with Gasteiger partial charge in [-0.25, -0.2) is 0 Å². The number of rotatable bonds is 6. The first-order valence-electron chi connectivity index (χ1n) is 6.64. The van der Waals surface area contributed by atoms with Crippen molar-refractivity contribution in [2.75, 3.05) is 13.7 Å². The summed E-state index contributed by atoms with van der Waals surface area (Å²) in [5.74, 6) is 0. The maximum absolute atomic E-state index is 5.72. The van der Waals surface area contributed by atoms with Gasteiger partial charge in [0.15, 0.2) is 0 Å². The predicted octanol–water partition coefficient (Wildman–Crippen LogP) is 2.66. The fraction of sp³-hybridized carbons (Fsp3) is 0.667. The van der Waals surface area contributed by atoms with E-state index >= 15 is 0 Å². The number of methoxy groups -OCH3 is 1. The van der Waals surface area contributed by atoms with Gasteiger partial charge in [-0.15, -0.1) is 0 Å². The number of hydrogen-bond donors (Lipinski definition) is 1. The van der Waals surface area contributed by atoms with Gasteiger partial charge < -0.3 is 10.1 Å². The van der Waals surface area contributed by atoms with Crippen LogP contribution in [-0.4, -0.2) is 30.8 Å². The lowest BCUT2D eigenvalue weighted by Crippen LogP contribution is -2.48. The molecule has 2 unspecified atom stereocenters. The molecule has 0 aliphatic rings. The molecule has 3 nitrogen and oxygen atoms in total. The molecule has 0 aliphatic carbocycles. The summed E-state index contributed by atoms with van der Waals surface area (Å²) in [4.78, 5) is 4.18. The summed E-state index contributed by atoms with van der Waals surface area (Å²) in [5.41, 5.74) is 1.36. The molecule has 3 heteroatoms. The first-order chi connectivity index (χ1) is 8.49. The third kappa shape index (κ3) is 4.39. The third-order valence-corrected chi connectivity index (χ3v) is 3.12. The Morgan fingerprint density at radius 3 is 2.56 bits per heavy atom. The zero-order chi connectivity index (χ0) is 13.6. The number of hydrogen-bond acceptors (Lipinski definition) is 3. The van der Waals surface area contributed by atoms with Gasteiger partial charge in [0.25, 0.3) is 0 Å². The molecule has 0 fully saturated rings. The monoisotopic (exact) mass is 250 g/mol. The Morgan fingerprint density at radius 2 is 2.11 bits per heavy atom. The van der Waals surface area contributed by atoms with Crippen LogP contribution in [0.2, 0.25) is 0 Å². The zero-order valence-corrected chi connectivity index (χ0v) is 12.2. The van der Waals surface area contributed by atoms with Crippen LogP contribution in [-0.2, 0) is 11.2 Å². The topological polar surface area (TPSA) is 34.2 Å². The highest BCUT2D eigenvalue weighted by atomic mass is 16.5. The fourth-order valence-electron chi connectivity index (χ4n) is 2.44. The summed E-state index contributed by atoms with van der Waals surface area (Å²) in [5, 5.41) is 3.54. The van der Waals surface area contributed by atoms with E-state index in [9.17, 15) is 0 Å². The minimum atomic E-state index is 0.115. The van der Waals surface area contributed by atoms with Gasteiger partial charge in [0.1, 0.15) is 0 Å². The summed E-state index contributed by atoms with van der Waals surface area (Å²) in [7, 11) is 1.80. The lowest BCUT2D eigenvalue weighted by molar-refractivity contribution is -0.0106. The molecule has 0 spiro atoms. The molecule has 2 atom stereocenters. The highest BCUT2D eigenvalue weighted by Gasteiger charge is 2.31. The lowest BCUT2D eigenvalue weighted by atomic mass is 9.82. The molecule has 0 aromatic carbocycles. The number of aromatic nitrogens is 1. The molecule has 1 aromatic rings. The molecule has 18 heavy (non-hydrogen) atoms. The molecule has 0 saturated heterocycles. The highest BCUT2D eigenvalue weighted by Crippen LogP contribution is 2.26. The van der Waals surface area contributed by atoms with Gasteiger partial charge >= 0.3 is 0 Å². The largest absolute Gasteiger partial charge is 0.379 e. The molecule has 0 aliphatic heterocycles. The average molecular weight is 250 g/mol. The van der Waals surface area contributed by atoms with Gasteiger partial charge in [-0.05, 0) is 30.0 Å². The maximum atomic E-state index is 5.72. The second-order valence-electron chi connectivity index (χ2n) is 5.75. The summed E-state index contributed by atoms with van der Waals surface area (Å²) in [6, 6.07) is 4.41.